The zero-order valence-corrected chi connectivity index (χ0v) is 14.4. The second-order valence-electron chi connectivity index (χ2n) is 6.55. The Morgan fingerprint density at radius 2 is 2.08 bits per heavy atom. The predicted molar refractivity (Wildman–Crippen MR) is 96.8 cm³/mol. The van der Waals surface area contributed by atoms with E-state index in [9.17, 15) is 0 Å². The summed E-state index contributed by atoms with van der Waals surface area (Å²) in [5.74, 6) is 0.605. The van der Waals surface area contributed by atoms with Crippen molar-refractivity contribution in [2.45, 2.75) is 25.7 Å². The molecule has 24 heavy (non-hydrogen) atoms. The van der Waals surface area contributed by atoms with Crippen LogP contribution in [-0.2, 0) is 0 Å². The maximum absolute atomic E-state index is 4.89. The Hall–Kier alpha value is -2.18. The minimum Gasteiger partial charge on any atom is -0.317 e. The van der Waals surface area contributed by atoms with Crippen LogP contribution >= 0.6 is 11.3 Å². The predicted octanol–water partition coefficient (Wildman–Crippen LogP) is 3.49. The lowest BCUT2D eigenvalue weighted by Crippen LogP contribution is -2.26. The monoisotopic (exact) mass is 337 g/mol. The van der Waals surface area contributed by atoms with Gasteiger partial charge in [0.15, 0.2) is 4.96 Å². The molecule has 0 amide bonds. The summed E-state index contributed by atoms with van der Waals surface area (Å²) in [6, 6.07) is 6.43. The Labute approximate surface area is 144 Å². The molecule has 0 atom stereocenters. The van der Waals surface area contributed by atoms with Gasteiger partial charge in [-0.05, 0) is 56.6 Å². The van der Waals surface area contributed by atoms with Gasteiger partial charge < -0.3 is 5.32 Å². The largest absolute Gasteiger partial charge is 0.317 e. The van der Waals surface area contributed by atoms with Crippen molar-refractivity contribution in [3.63, 3.8) is 0 Å². The molecular weight excluding hydrogens is 318 g/mol. The van der Waals surface area contributed by atoms with Gasteiger partial charge in [0.2, 0.25) is 0 Å². The van der Waals surface area contributed by atoms with Crippen molar-refractivity contribution in [3.05, 3.63) is 48.2 Å². The van der Waals surface area contributed by atoms with E-state index in [2.05, 4.69) is 45.4 Å². The first-order valence-corrected chi connectivity index (χ1v) is 9.23. The third-order valence-corrected chi connectivity index (χ3v) is 5.85. The van der Waals surface area contributed by atoms with Gasteiger partial charge in [0.1, 0.15) is 0 Å². The van der Waals surface area contributed by atoms with Crippen LogP contribution in [-0.4, -0.2) is 32.1 Å². The molecule has 0 radical (unpaired) electrons. The topological polar surface area (TPSA) is 46.6 Å². The molecule has 5 nitrogen and oxygen atoms in total. The molecule has 0 saturated carbocycles. The van der Waals surface area contributed by atoms with E-state index in [1.54, 1.807) is 11.3 Å². The first kappa shape index (κ1) is 14.2. The van der Waals surface area contributed by atoms with Gasteiger partial charge in [-0.15, -0.1) is 0 Å². The summed E-state index contributed by atoms with van der Waals surface area (Å²) in [7, 11) is 0. The lowest BCUT2D eigenvalue weighted by atomic mass is 9.95. The summed E-state index contributed by atoms with van der Waals surface area (Å²) < 4.78 is 4.11. The van der Waals surface area contributed by atoms with Crippen LogP contribution in [0, 0.1) is 6.92 Å². The molecule has 5 heterocycles. The zero-order chi connectivity index (χ0) is 16.1. The average Bonchev–Trinajstić information content (AvgIpc) is 3.26. The highest BCUT2D eigenvalue weighted by molar-refractivity contribution is 7.20. The molecule has 1 N–H and O–H groups in total. The molecule has 0 aromatic carbocycles. The second kappa shape index (κ2) is 5.43. The number of hydrogen-bond acceptors (Lipinski definition) is 4. The van der Waals surface area contributed by atoms with Crippen molar-refractivity contribution in [3.8, 4) is 10.4 Å². The molecule has 1 saturated heterocycles. The molecule has 4 aromatic heterocycles. The van der Waals surface area contributed by atoms with Gasteiger partial charge >= 0.3 is 0 Å². The van der Waals surface area contributed by atoms with Crippen LogP contribution in [0.25, 0.3) is 20.9 Å². The summed E-state index contributed by atoms with van der Waals surface area (Å²) in [6.45, 7) is 4.23. The van der Waals surface area contributed by atoms with E-state index < -0.39 is 0 Å². The van der Waals surface area contributed by atoms with Crippen LogP contribution in [0.5, 0.6) is 0 Å². The number of aryl methyl sites for hydroxylation is 1. The standard InChI is InChI=1S/C18H19N5S/c1-12-8-15-9-14(4-7-23(15)21-12)17-11-22-10-16(20-18(22)24-17)13-2-5-19-6-3-13/h4,7-11,13,19H,2-3,5-6H2,1H3. The van der Waals surface area contributed by atoms with E-state index >= 15 is 0 Å². The zero-order valence-electron chi connectivity index (χ0n) is 13.6. The summed E-state index contributed by atoms with van der Waals surface area (Å²) in [6.07, 6.45) is 8.82. The van der Waals surface area contributed by atoms with Crippen LogP contribution in [0.4, 0.5) is 0 Å². The fourth-order valence-corrected chi connectivity index (χ4v) is 4.51. The number of rotatable bonds is 2. The molecule has 122 valence electrons. The number of nitrogens with one attached hydrogen (secondary N) is 1. The number of aromatic nitrogens is 4. The molecule has 1 aliphatic rings. The molecular formula is C18H19N5S. The van der Waals surface area contributed by atoms with E-state index in [-0.39, 0.29) is 0 Å². The van der Waals surface area contributed by atoms with Crippen LogP contribution in [0.15, 0.2) is 36.8 Å². The average molecular weight is 337 g/mol. The van der Waals surface area contributed by atoms with Gasteiger partial charge in [-0.1, -0.05) is 11.3 Å². The van der Waals surface area contributed by atoms with E-state index in [1.807, 2.05) is 17.6 Å². The normalized spacial score (nSPS) is 16.4. The van der Waals surface area contributed by atoms with Gasteiger partial charge in [0.25, 0.3) is 0 Å². The van der Waals surface area contributed by atoms with Crippen LogP contribution in [0.2, 0.25) is 0 Å². The number of hydrogen-bond donors (Lipinski definition) is 1. The smallest absolute Gasteiger partial charge is 0.194 e. The minimum absolute atomic E-state index is 0.605. The maximum Gasteiger partial charge on any atom is 0.194 e. The number of thiazole rings is 1. The van der Waals surface area contributed by atoms with Crippen LogP contribution in [0.3, 0.4) is 0 Å². The molecule has 1 aliphatic heterocycles. The van der Waals surface area contributed by atoms with E-state index in [0.29, 0.717) is 5.92 Å². The van der Waals surface area contributed by atoms with Crippen molar-refractivity contribution in [2.24, 2.45) is 0 Å². The van der Waals surface area contributed by atoms with Gasteiger partial charge in [0, 0.05) is 24.5 Å². The molecule has 0 bridgehead atoms. The third kappa shape index (κ3) is 2.34. The Balaban J connectivity index is 1.51. The summed E-state index contributed by atoms with van der Waals surface area (Å²) in [4.78, 5) is 7.22. The molecule has 5 rings (SSSR count). The minimum atomic E-state index is 0.605. The number of fused-ring (bicyclic) bond motifs is 2. The van der Waals surface area contributed by atoms with Gasteiger partial charge in [0.05, 0.1) is 21.8 Å². The molecule has 0 unspecified atom stereocenters. The van der Waals surface area contributed by atoms with Gasteiger partial charge in [-0.25, -0.2) is 9.50 Å². The van der Waals surface area contributed by atoms with Crippen molar-refractivity contribution in [2.75, 3.05) is 13.1 Å². The second-order valence-corrected chi connectivity index (χ2v) is 7.55. The Bertz CT molecular complexity index is 987. The molecule has 0 spiro atoms. The van der Waals surface area contributed by atoms with E-state index in [1.165, 1.54) is 29.0 Å². The Morgan fingerprint density at radius 1 is 1.21 bits per heavy atom. The van der Waals surface area contributed by atoms with Crippen molar-refractivity contribution < 1.29 is 0 Å². The first-order chi connectivity index (χ1) is 11.8. The molecule has 6 heteroatoms. The number of nitrogens with zero attached hydrogens (tertiary/aromatic N) is 4. The third-order valence-electron chi connectivity index (χ3n) is 4.80. The highest BCUT2D eigenvalue weighted by atomic mass is 32.1. The molecule has 0 aliphatic carbocycles. The van der Waals surface area contributed by atoms with Gasteiger partial charge in [-0.2, -0.15) is 5.10 Å². The number of imidazole rings is 1. The summed E-state index contributed by atoms with van der Waals surface area (Å²) in [5, 5.41) is 7.86. The van der Waals surface area contributed by atoms with Crippen LogP contribution < -0.4 is 5.32 Å². The van der Waals surface area contributed by atoms with E-state index in [4.69, 9.17) is 4.98 Å². The SMILES string of the molecule is Cc1cc2cc(-c3cn4cc(C5CCNCC5)nc4s3)ccn2n1. The summed E-state index contributed by atoms with van der Waals surface area (Å²) >= 11 is 1.76. The molecule has 1 fully saturated rings. The lowest BCUT2D eigenvalue weighted by molar-refractivity contribution is 0.454. The van der Waals surface area contributed by atoms with Crippen molar-refractivity contribution >= 4 is 21.8 Å². The van der Waals surface area contributed by atoms with Crippen molar-refractivity contribution in [1.82, 2.24) is 24.3 Å². The first-order valence-electron chi connectivity index (χ1n) is 8.42. The fourth-order valence-electron chi connectivity index (χ4n) is 3.54. The highest BCUT2D eigenvalue weighted by Crippen LogP contribution is 2.32. The Kier molecular flexibility index (Phi) is 3.21. The summed E-state index contributed by atoms with van der Waals surface area (Å²) in [5.41, 5.74) is 4.64. The van der Waals surface area contributed by atoms with Crippen molar-refractivity contribution in [1.29, 1.82) is 0 Å². The number of pyridine rings is 1. The Morgan fingerprint density at radius 3 is 2.92 bits per heavy atom. The van der Waals surface area contributed by atoms with Crippen LogP contribution in [0.1, 0.15) is 30.1 Å². The quantitative estimate of drug-likeness (QED) is 0.609. The maximum atomic E-state index is 4.89. The number of piperidine rings is 1. The lowest BCUT2D eigenvalue weighted by Gasteiger charge is -2.20. The van der Waals surface area contributed by atoms with Gasteiger partial charge in [-0.3, -0.25) is 4.40 Å². The van der Waals surface area contributed by atoms with E-state index in [0.717, 1.165) is 29.3 Å². The fraction of sp³-hybridized carbons (Fsp3) is 0.333. The highest BCUT2D eigenvalue weighted by Gasteiger charge is 2.19. The molecule has 4 aromatic rings.